The Kier molecular flexibility index (Phi) is 2.82. The van der Waals surface area contributed by atoms with Gasteiger partial charge in [0.1, 0.15) is 5.56 Å². The highest BCUT2D eigenvalue weighted by molar-refractivity contribution is 6.00. The van der Waals surface area contributed by atoms with Crippen molar-refractivity contribution in [1.82, 2.24) is 0 Å². The van der Waals surface area contributed by atoms with Gasteiger partial charge in [0, 0.05) is 10.9 Å². The molecule has 0 aliphatic rings. The lowest BCUT2D eigenvalue weighted by molar-refractivity contribution is 0.112. The second kappa shape index (κ2) is 4.18. The van der Waals surface area contributed by atoms with Crippen LogP contribution in [-0.4, -0.2) is 16.5 Å². The largest absolute Gasteiger partial charge is 0.504 e. The molecule has 94 valence electrons. The first kappa shape index (κ1) is 12.2. The van der Waals surface area contributed by atoms with E-state index < -0.39 is 17.1 Å². The van der Waals surface area contributed by atoms with E-state index in [1.54, 1.807) is 6.92 Å². The average molecular weight is 248 g/mol. The van der Waals surface area contributed by atoms with Gasteiger partial charge in [0.25, 0.3) is 0 Å². The monoisotopic (exact) mass is 248 g/mol. The predicted molar refractivity (Wildman–Crippen MR) is 65.3 cm³/mol. The summed E-state index contributed by atoms with van der Waals surface area (Å²) in [6, 6.07) is 1.29. The van der Waals surface area contributed by atoms with Crippen molar-refractivity contribution in [2.45, 2.75) is 20.3 Å². The van der Waals surface area contributed by atoms with Gasteiger partial charge in [0.2, 0.25) is 0 Å². The summed E-state index contributed by atoms with van der Waals surface area (Å²) >= 11 is 0. The van der Waals surface area contributed by atoms with Crippen molar-refractivity contribution >= 4 is 17.3 Å². The van der Waals surface area contributed by atoms with E-state index in [-0.39, 0.29) is 11.1 Å². The molecule has 2 aromatic rings. The first-order valence-corrected chi connectivity index (χ1v) is 5.47. The second-order valence-corrected chi connectivity index (χ2v) is 4.00. The Bertz CT molecular complexity index is 697. The van der Waals surface area contributed by atoms with E-state index >= 15 is 0 Å². The van der Waals surface area contributed by atoms with Crippen molar-refractivity contribution in [3.05, 3.63) is 33.2 Å². The summed E-state index contributed by atoms with van der Waals surface area (Å²) in [5.74, 6) is -0.993. The number of benzene rings is 1. The van der Waals surface area contributed by atoms with Crippen molar-refractivity contribution in [3.8, 4) is 11.5 Å². The first-order chi connectivity index (χ1) is 8.51. The zero-order chi connectivity index (χ0) is 13.4. The van der Waals surface area contributed by atoms with E-state index in [2.05, 4.69) is 0 Å². The Hall–Kier alpha value is -2.30. The Morgan fingerprint density at radius 3 is 2.61 bits per heavy atom. The smallest absolute Gasteiger partial charge is 0.339 e. The molecule has 1 aromatic carbocycles. The number of phenolic OH excluding ortho intramolecular Hbond substituents is 2. The maximum Gasteiger partial charge on any atom is 0.339 e. The minimum Gasteiger partial charge on any atom is -0.504 e. The molecule has 0 aliphatic heterocycles. The molecule has 2 N–H and O–H groups in total. The second-order valence-electron chi connectivity index (χ2n) is 4.00. The lowest BCUT2D eigenvalue weighted by Gasteiger charge is -2.09. The van der Waals surface area contributed by atoms with Crippen molar-refractivity contribution in [1.29, 1.82) is 0 Å². The lowest BCUT2D eigenvalue weighted by Crippen LogP contribution is -2.09. The minimum atomic E-state index is -0.579. The van der Waals surface area contributed by atoms with Crippen LogP contribution >= 0.6 is 0 Å². The Morgan fingerprint density at radius 2 is 2.06 bits per heavy atom. The van der Waals surface area contributed by atoms with Crippen molar-refractivity contribution in [3.63, 3.8) is 0 Å². The third kappa shape index (κ3) is 1.55. The average Bonchev–Trinajstić information content (AvgIpc) is 2.33. The molecule has 0 atom stereocenters. The standard InChI is InChI=1S/C13H12O5/c1-3-7-6(2)8-4-10(15)11(16)9(5-14)12(8)18-13(7)17/h4-5,15-16H,3H2,1-2H3. The van der Waals surface area contributed by atoms with E-state index in [0.717, 1.165) is 0 Å². The molecule has 0 radical (unpaired) electrons. The number of aromatic hydroxyl groups is 2. The van der Waals surface area contributed by atoms with Gasteiger partial charge in [-0.05, 0) is 25.0 Å². The summed E-state index contributed by atoms with van der Waals surface area (Å²) in [4.78, 5) is 22.7. The molecular formula is C13H12O5. The van der Waals surface area contributed by atoms with Gasteiger partial charge in [0.15, 0.2) is 23.4 Å². The number of rotatable bonds is 2. The molecule has 18 heavy (non-hydrogen) atoms. The van der Waals surface area contributed by atoms with Gasteiger partial charge < -0.3 is 14.6 Å². The van der Waals surface area contributed by atoms with E-state index in [9.17, 15) is 19.8 Å². The van der Waals surface area contributed by atoms with Gasteiger partial charge in [-0.1, -0.05) is 6.92 Å². The number of carbonyl (C=O) groups excluding carboxylic acids is 1. The van der Waals surface area contributed by atoms with E-state index in [1.165, 1.54) is 6.07 Å². The van der Waals surface area contributed by atoms with Crippen LogP contribution in [-0.2, 0) is 6.42 Å². The predicted octanol–water partition coefficient (Wildman–Crippen LogP) is 1.89. The zero-order valence-electron chi connectivity index (χ0n) is 9.98. The number of phenols is 2. The zero-order valence-corrected chi connectivity index (χ0v) is 9.98. The van der Waals surface area contributed by atoms with E-state index in [0.29, 0.717) is 29.2 Å². The summed E-state index contributed by atoms with van der Waals surface area (Å²) in [6.07, 6.45) is 0.841. The SMILES string of the molecule is CCc1c(C)c2cc(O)c(O)c(C=O)c2oc1=O. The molecule has 0 amide bonds. The summed E-state index contributed by atoms with van der Waals surface area (Å²) in [5, 5.41) is 19.6. The fourth-order valence-corrected chi connectivity index (χ4v) is 2.04. The first-order valence-electron chi connectivity index (χ1n) is 5.47. The van der Waals surface area contributed by atoms with Crippen LogP contribution in [0.5, 0.6) is 11.5 Å². The molecule has 0 saturated carbocycles. The number of hydrogen-bond donors (Lipinski definition) is 2. The van der Waals surface area contributed by atoms with Crippen LogP contribution in [0.4, 0.5) is 0 Å². The molecule has 1 aromatic heterocycles. The van der Waals surface area contributed by atoms with Gasteiger partial charge in [-0.2, -0.15) is 0 Å². The van der Waals surface area contributed by atoms with Crippen LogP contribution in [0.25, 0.3) is 11.0 Å². The molecule has 0 saturated heterocycles. The number of fused-ring (bicyclic) bond motifs is 1. The molecular weight excluding hydrogens is 236 g/mol. The summed E-state index contributed by atoms with van der Waals surface area (Å²) in [6.45, 7) is 3.52. The van der Waals surface area contributed by atoms with E-state index in [4.69, 9.17) is 4.42 Å². The van der Waals surface area contributed by atoms with Crippen LogP contribution in [0.15, 0.2) is 15.3 Å². The number of aldehydes is 1. The fraction of sp³-hybridized carbons (Fsp3) is 0.231. The van der Waals surface area contributed by atoms with Gasteiger partial charge in [-0.15, -0.1) is 0 Å². The van der Waals surface area contributed by atoms with Gasteiger partial charge in [-0.3, -0.25) is 4.79 Å². The van der Waals surface area contributed by atoms with Gasteiger partial charge >= 0.3 is 5.63 Å². The highest BCUT2D eigenvalue weighted by Crippen LogP contribution is 2.35. The Labute approximate surface area is 102 Å². The lowest BCUT2D eigenvalue weighted by atomic mass is 10.0. The van der Waals surface area contributed by atoms with Crippen molar-refractivity contribution < 1.29 is 19.4 Å². The summed E-state index contributed by atoms with van der Waals surface area (Å²) in [7, 11) is 0. The highest BCUT2D eigenvalue weighted by atomic mass is 16.4. The highest BCUT2D eigenvalue weighted by Gasteiger charge is 2.18. The molecule has 5 heteroatoms. The van der Waals surface area contributed by atoms with Gasteiger partial charge in [0.05, 0.1) is 0 Å². The van der Waals surface area contributed by atoms with E-state index in [1.807, 2.05) is 6.92 Å². The molecule has 0 unspecified atom stereocenters. The van der Waals surface area contributed by atoms with Crippen molar-refractivity contribution in [2.75, 3.05) is 0 Å². The normalized spacial score (nSPS) is 10.8. The quantitative estimate of drug-likeness (QED) is 0.481. The van der Waals surface area contributed by atoms with Crippen LogP contribution in [0, 0.1) is 6.92 Å². The molecule has 0 spiro atoms. The van der Waals surface area contributed by atoms with Crippen LogP contribution in [0.1, 0.15) is 28.4 Å². The molecule has 0 aliphatic carbocycles. The molecule has 1 heterocycles. The Balaban J connectivity index is 3.06. The summed E-state index contributed by atoms with van der Waals surface area (Å²) in [5.41, 5.74) is 0.384. The minimum absolute atomic E-state index is 0.000000000000000444. The maximum absolute atomic E-state index is 11.7. The molecule has 5 nitrogen and oxygen atoms in total. The third-order valence-electron chi connectivity index (χ3n) is 3.04. The number of carbonyl (C=O) groups is 1. The topological polar surface area (TPSA) is 87.7 Å². The number of hydrogen-bond acceptors (Lipinski definition) is 5. The fourth-order valence-electron chi connectivity index (χ4n) is 2.04. The van der Waals surface area contributed by atoms with Crippen molar-refractivity contribution in [2.24, 2.45) is 0 Å². The van der Waals surface area contributed by atoms with Crippen LogP contribution in [0.3, 0.4) is 0 Å². The van der Waals surface area contributed by atoms with Crippen LogP contribution < -0.4 is 5.63 Å². The van der Waals surface area contributed by atoms with Crippen LogP contribution in [0.2, 0.25) is 0 Å². The summed E-state index contributed by atoms with van der Waals surface area (Å²) < 4.78 is 5.06. The molecule has 2 rings (SSSR count). The number of aryl methyl sites for hydroxylation is 1. The third-order valence-corrected chi connectivity index (χ3v) is 3.04. The maximum atomic E-state index is 11.7. The Morgan fingerprint density at radius 1 is 1.39 bits per heavy atom. The molecule has 0 bridgehead atoms. The molecule has 0 fully saturated rings. The van der Waals surface area contributed by atoms with Gasteiger partial charge in [-0.25, -0.2) is 4.79 Å².